The Morgan fingerprint density at radius 3 is 1.88 bits per heavy atom. The number of carbonyl (C=O) groups excluding carboxylic acids is 1. The fourth-order valence-electron chi connectivity index (χ4n) is 0.294. The van der Waals surface area contributed by atoms with Crippen LogP contribution in [0.25, 0.3) is 0 Å². The molecule has 0 aromatic rings. The van der Waals surface area contributed by atoms with Crippen LogP contribution in [0.1, 0.15) is 13.8 Å². The van der Waals surface area contributed by atoms with Gasteiger partial charge >= 0.3 is 0 Å². The molecule has 0 aliphatic rings. The van der Waals surface area contributed by atoms with Crippen LogP contribution in [0.2, 0.25) is 0 Å². The van der Waals surface area contributed by atoms with Crippen LogP contribution in [0.15, 0.2) is 11.8 Å². The van der Waals surface area contributed by atoms with E-state index in [1.54, 1.807) is 0 Å². The van der Waals surface area contributed by atoms with E-state index in [4.69, 9.17) is 5.11 Å². The van der Waals surface area contributed by atoms with Gasteiger partial charge in [-0.2, -0.15) is 0 Å². The second kappa shape index (κ2) is 4.89. The maximum Gasteiger partial charge on any atom is 0.155 e. The predicted molar refractivity (Wildman–Crippen MR) is 27.1 cm³/mol. The van der Waals surface area contributed by atoms with Crippen molar-refractivity contribution in [3.63, 3.8) is 0 Å². The minimum atomic E-state index is -0.125. The summed E-state index contributed by atoms with van der Waals surface area (Å²) >= 11 is 0. The Kier molecular flexibility index (Phi) is 6.53. The fourth-order valence-corrected chi connectivity index (χ4v) is 0.294. The first-order valence-corrected chi connectivity index (χ1v) is 2.01. The average Bonchev–Trinajstić information content (AvgIpc) is 1.27. The zero-order valence-electron chi connectivity index (χ0n) is 4.84. The van der Waals surface area contributed by atoms with Crippen molar-refractivity contribution in [1.29, 1.82) is 0 Å². The molecule has 0 aliphatic heterocycles. The maximum absolute atomic E-state index is 10.0. The summed E-state index contributed by atoms with van der Waals surface area (Å²) in [5.74, 6) is -0.0625. The standard InChI is InChI=1S/C5H8O2.Cr/c1-4(6)3-5(2)7;/h3,6H,1-2H3;/b4-3-;. The van der Waals surface area contributed by atoms with Crippen LogP contribution in [-0.4, -0.2) is 10.9 Å². The second-order valence-electron chi connectivity index (χ2n) is 1.40. The van der Waals surface area contributed by atoms with Crippen molar-refractivity contribution in [3.05, 3.63) is 11.8 Å². The summed E-state index contributed by atoms with van der Waals surface area (Å²) in [5.41, 5.74) is 0. The molecule has 0 aliphatic carbocycles. The van der Waals surface area contributed by atoms with Crippen LogP contribution in [-0.2, 0) is 22.2 Å². The average molecular weight is 152 g/mol. The maximum atomic E-state index is 10.0. The number of ketones is 1. The Labute approximate surface area is 59.3 Å². The first-order valence-electron chi connectivity index (χ1n) is 2.01. The Morgan fingerprint density at radius 2 is 1.88 bits per heavy atom. The molecule has 0 aromatic carbocycles. The summed E-state index contributed by atoms with van der Waals surface area (Å²) in [4.78, 5) is 10.0. The summed E-state index contributed by atoms with van der Waals surface area (Å²) < 4.78 is 0. The third-order valence-corrected chi connectivity index (χ3v) is 0.412. The molecule has 1 N–H and O–H groups in total. The molecule has 0 atom stereocenters. The van der Waals surface area contributed by atoms with Gasteiger partial charge in [0.1, 0.15) is 0 Å². The van der Waals surface area contributed by atoms with Gasteiger partial charge in [0.2, 0.25) is 0 Å². The van der Waals surface area contributed by atoms with Crippen molar-refractivity contribution in [2.45, 2.75) is 13.8 Å². The van der Waals surface area contributed by atoms with Gasteiger partial charge in [0.05, 0.1) is 5.76 Å². The molecule has 8 heavy (non-hydrogen) atoms. The SMILES string of the molecule is CC(=O)/C=C(/C)O.[Cr]. The first kappa shape index (κ1) is 10.7. The monoisotopic (exact) mass is 152 g/mol. The quantitative estimate of drug-likeness (QED) is 0.450. The van der Waals surface area contributed by atoms with Crippen molar-refractivity contribution in [3.8, 4) is 0 Å². The Morgan fingerprint density at radius 1 is 1.50 bits per heavy atom. The van der Waals surface area contributed by atoms with E-state index >= 15 is 0 Å². The molecular formula is C5H8CrO2. The van der Waals surface area contributed by atoms with E-state index in [1.807, 2.05) is 0 Å². The van der Waals surface area contributed by atoms with Gasteiger partial charge in [0.25, 0.3) is 0 Å². The zero-order valence-corrected chi connectivity index (χ0v) is 6.12. The van der Waals surface area contributed by atoms with Crippen LogP contribution < -0.4 is 0 Å². The number of aliphatic hydroxyl groups excluding tert-OH is 1. The minimum Gasteiger partial charge on any atom is -0.512 e. The summed E-state index contributed by atoms with van der Waals surface area (Å²) in [6, 6.07) is 0. The van der Waals surface area contributed by atoms with Crippen molar-refractivity contribution >= 4 is 5.78 Å². The van der Waals surface area contributed by atoms with Crippen LogP contribution in [0.5, 0.6) is 0 Å². The van der Waals surface area contributed by atoms with Crippen LogP contribution in [0, 0.1) is 0 Å². The van der Waals surface area contributed by atoms with E-state index in [9.17, 15) is 4.79 Å². The first-order chi connectivity index (χ1) is 3.13. The Hall–Kier alpha value is -0.258. The molecule has 46 valence electrons. The molecular weight excluding hydrogens is 144 g/mol. The third-order valence-electron chi connectivity index (χ3n) is 0.412. The number of carbonyl (C=O) groups is 1. The molecule has 0 fully saturated rings. The van der Waals surface area contributed by atoms with Gasteiger partial charge in [0.15, 0.2) is 5.78 Å². The molecule has 0 unspecified atom stereocenters. The molecule has 0 rings (SSSR count). The van der Waals surface area contributed by atoms with E-state index in [0.29, 0.717) is 0 Å². The van der Waals surface area contributed by atoms with Crippen LogP contribution in [0.4, 0.5) is 0 Å². The van der Waals surface area contributed by atoms with Gasteiger partial charge in [-0.15, -0.1) is 0 Å². The third kappa shape index (κ3) is 9.22. The molecule has 0 amide bonds. The van der Waals surface area contributed by atoms with Gasteiger partial charge in [-0.1, -0.05) is 0 Å². The van der Waals surface area contributed by atoms with E-state index in [-0.39, 0.29) is 28.9 Å². The number of aliphatic hydroxyl groups is 1. The molecule has 2 nitrogen and oxygen atoms in total. The number of hydrogen-bond donors (Lipinski definition) is 1. The fraction of sp³-hybridized carbons (Fsp3) is 0.400. The van der Waals surface area contributed by atoms with E-state index in [0.717, 1.165) is 0 Å². The largest absolute Gasteiger partial charge is 0.512 e. The molecule has 0 bridgehead atoms. The molecule has 0 radical (unpaired) electrons. The van der Waals surface area contributed by atoms with Crippen LogP contribution in [0.3, 0.4) is 0 Å². The van der Waals surface area contributed by atoms with Gasteiger partial charge in [-0.25, -0.2) is 0 Å². The Bertz CT molecular complexity index is 103. The van der Waals surface area contributed by atoms with Gasteiger partial charge in [-0.05, 0) is 13.8 Å². The number of allylic oxidation sites excluding steroid dienone is 2. The smallest absolute Gasteiger partial charge is 0.155 e. The summed E-state index contributed by atoms with van der Waals surface area (Å²) in [6.07, 6.45) is 1.17. The van der Waals surface area contributed by atoms with Gasteiger partial charge in [-0.3, -0.25) is 4.79 Å². The van der Waals surface area contributed by atoms with Crippen molar-refractivity contribution in [1.82, 2.24) is 0 Å². The molecule has 0 spiro atoms. The minimum absolute atomic E-state index is 0. The van der Waals surface area contributed by atoms with Gasteiger partial charge < -0.3 is 5.11 Å². The van der Waals surface area contributed by atoms with Crippen LogP contribution >= 0.6 is 0 Å². The van der Waals surface area contributed by atoms with E-state index in [2.05, 4.69) is 0 Å². The molecule has 0 saturated carbocycles. The number of rotatable bonds is 1. The van der Waals surface area contributed by atoms with E-state index in [1.165, 1.54) is 19.9 Å². The predicted octanol–water partition coefficient (Wildman–Crippen LogP) is 1.03. The normalized spacial score (nSPS) is 10.0. The van der Waals surface area contributed by atoms with Crippen molar-refractivity contribution < 1.29 is 27.3 Å². The van der Waals surface area contributed by atoms with Gasteiger partial charge in [0, 0.05) is 23.4 Å². The Balaban J connectivity index is 0. The topological polar surface area (TPSA) is 37.3 Å². The van der Waals surface area contributed by atoms with E-state index < -0.39 is 0 Å². The zero-order chi connectivity index (χ0) is 5.86. The molecule has 0 heterocycles. The van der Waals surface area contributed by atoms with Crippen molar-refractivity contribution in [2.75, 3.05) is 0 Å². The number of hydrogen-bond acceptors (Lipinski definition) is 2. The summed E-state index contributed by atoms with van der Waals surface area (Å²) in [7, 11) is 0. The summed E-state index contributed by atoms with van der Waals surface area (Å²) in [6.45, 7) is 2.85. The molecule has 0 saturated heterocycles. The molecule has 3 heteroatoms. The van der Waals surface area contributed by atoms with Crippen molar-refractivity contribution in [2.24, 2.45) is 0 Å². The summed E-state index contributed by atoms with van der Waals surface area (Å²) in [5, 5.41) is 8.36. The second-order valence-corrected chi connectivity index (χ2v) is 1.40. The molecule has 0 aromatic heterocycles.